The van der Waals surface area contributed by atoms with Crippen LogP contribution in [-0.2, 0) is 11.2 Å². The Hall–Kier alpha value is -1.78. The van der Waals surface area contributed by atoms with E-state index >= 15 is 0 Å². The van der Waals surface area contributed by atoms with Gasteiger partial charge in [0.15, 0.2) is 5.76 Å². The molecule has 5 heteroatoms. The van der Waals surface area contributed by atoms with Crippen molar-refractivity contribution in [3.63, 3.8) is 0 Å². The lowest BCUT2D eigenvalue weighted by atomic mass is 9.92. The number of amides is 1. The summed E-state index contributed by atoms with van der Waals surface area (Å²) in [4.78, 5) is 25.6. The van der Waals surface area contributed by atoms with Crippen LogP contribution in [0.25, 0.3) is 0 Å². The molecule has 0 bridgehead atoms. The van der Waals surface area contributed by atoms with Crippen LogP contribution in [0.3, 0.4) is 0 Å². The van der Waals surface area contributed by atoms with Gasteiger partial charge in [-0.2, -0.15) is 0 Å². The number of hydrogen-bond acceptors (Lipinski definition) is 3. The standard InChI is InChI=1S/C16H21NO4/c1-3-13-9(2)6-14(21-13)15(18)17-7-11(10-4-5-10)12(8-17)16(19)20/h6,10-12H,3-5,7-8H2,1-2H3,(H,19,20)/t11-,12+/m1/s1. The number of hydrogen-bond donors (Lipinski definition) is 1. The Bertz CT molecular complexity index is 573. The molecule has 0 aromatic carbocycles. The highest BCUT2D eigenvalue weighted by atomic mass is 16.4. The number of furan rings is 1. The zero-order chi connectivity index (χ0) is 15.1. The van der Waals surface area contributed by atoms with Crippen LogP contribution < -0.4 is 0 Å². The Labute approximate surface area is 123 Å². The molecule has 2 heterocycles. The number of nitrogens with zero attached hydrogens (tertiary/aromatic N) is 1. The molecule has 5 nitrogen and oxygen atoms in total. The fourth-order valence-corrected chi connectivity index (χ4v) is 3.39. The summed E-state index contributed by atoms with van der Waals surface area (Å²) in [5.74, 6) is 0.361. The maximum absolute atomic E-state index is 12.5. The summed E-state index contributed by atoms with van der Waals surface area (Å²) in [6, 6.07) is 1.77. The third-order valence-electron chi connectivity index (χ3n) is 4.75. The lowest BCUT2D eigenvalue weighted by molar-refractivity contribution is -0.142. The average molecular weight is 291 g/mol. The predicted molar refractivity (Wildman–Crippen MR) is 76.1 cm³/mol. The highest BCUT2D eigenvalue weighted by molar-refractivity contribution is 5.92. The molecule has 2 aliphatic rings. The fourth-order valence-electron chi connectivity index (χ4n) is 3.39. The van der Waals surface area contributed by atoms with Crippen LogP contribution in [0.1, 0.15) is 41.6 Å². The van der Waals surface area contributed by atoms with E-state index < -0.39 is 11.9 Å². The molecule has 0 spiro atoms. The first-order valence-electron chi connectivity index (χ1n) is 7.62. The summed E-state index contributed by atoms with van der Waals surface area (Å²) in [5, 5.41) is 9.36. The van der Waals surface area contributed by atoms with Crippen LogP contribution in [0.15, 0.2) is 10.5 Å². The van der Waals surface area contributed by atoms with Gasteiger partial charge in [0.05, 0.1) is 5.92 Å². The van der Waals surface area contributed by atoms with Crippen LogP contribution in [0, 0.1) is 24.7 Å². The van der Waals surface area contributed by atoms with Gasteiger partial charge < -0.3 is 14.4 Å². The zero-order valence-electron chi connectivity index (χ0n) is 12.5. The number of carboxylic acid groups (broad SMARTS) is 1. The smallest absolute Gasteiger partial charge is 0.308 e. The molecule has 21 heavy (non-hydrogen) atoms. The van der Waals surface area contributed by atoms with Crippen molar-refractivity contribution in [2.24, 2.45) is 17.8 Å². The molecular formula is C16H21NO4. The third-order valence-corrected chi connectivity index (χ3v) is 4.75. The summed E-state index contributed by atoms with van der Waals surface area (Å²) in [5.41, 5.74) is 0.980. The lowest BCUT2D eigenvalue weighted by Gasteiger charge is -2.14. The van der Waals surface area contributed by atoms with E-state index in [1.54, 1.807) is 11.0 Å². The quantitative estimate of drug-likeness (QED) is 0.924. The minimum absolute atomic E-state index is 0.105. The molecule has 1 aliphatic heterocycles. The van der Waals surface area contributed by atoms with Gasteiger partial charge in [-0.3, -0.25) is 9.59 Å². The van der Waals surface area contributed by atoms with E-state index in [9.17, 15) is 14.7 Å². The molecule has 0 radical (unpaired) electrons. The van der Waals surface area contributed by atoms with Crippen molar-refractivity contribution >= 4 is 11.9 Å². The third kappa shape index (κ3) is 2.57. The fraction of sp³-hybridized carbons (Fsp3) is 0.625. The molecule has 1 aliphatic carbocycles. The Kier molecular flexibility index (Phi) is 3.51. The number of likely N-dealkylation sites (tertiary alicyclic amines) is 1. The predicted octanol–water partition coefficient (Wildman–Crippen LogP) is 2.33. The second kappa shape index (κ2) is 5.20. The molecule has 1 aromatic heterocycles. The summed E-state index contributed by atoms with van der Waals surface area (Å²) in [6.45, 7) is 4.76. The number of aliphatic carboxylic acids is 1. The molecule has 2 atom stereocenters. The summed E-state index contributed by atoms with van der Waals surface area (Å²) < 4.78 is 5.61. The van der Waals surface area contributed by atoms with Crippen LogP contribution >= 0.6 is 0 Å². The van der Waals surface area contributed by atoms with Crippen molar-refractivity contribution in [2.75, 3.05) is 13.1 Å². The largest absolute Gasteiger partial charge is 0.481 e. The minimum atomic E-state index is -0.785. The van der Waals surface area contributed by atoms with E-state index in [4.69, 9.17) is 4.42 Å². The summed E-state index contributed by atoms with van der Waals surface area (Å²) in [7, 11) is 0. The number of carbonyl (C=O) groups is 2. The van der Waals surface area contributed by atoms with Gasteiger partial charge in [-0.15, -0.1) is 0 Å². The molecule has 114 valence electrons. The van der Waals surface area contributed by atoms with Crippen molar-refractivity contribution < 1.29 is 19.1 Å². The number of aryl methyl sites for hydroxylation is 2. The van der Waals surface area contributed by atoms with Crippen LogP contribution in [0.5, 0.6) is 0 Å². The first-order chi connectivity index (χ1) is 10.0. The van der Waals surface area contributed by atoms with Gasteiger partial charge in [0.25, 0.3) is 5.91 Å². The second-order valence-electron chi connectivity index (χ2n) is 6.23. The molecule has 1 aromatic rings. The van der Waals surface area contributed by atoms with Gasteiger partial charge in [-0.1, -0.05) is 6.92 Å². The van der Waals surface area contributed by atoms with Gasteiger partial charge >= 0.3 is 5.97 Å². The Morgan fingerprint density at radius 2 is 2.10 bits per heavy atom. The van der Waals surface area contributed by atoms with Gasteiger partial charge in [0.1, 0.15) is 5.76 Å². The van der Waals surface area contributed by atoms with Crippen molar-refractivity contribution in [1.82, 2.24) is 4.90 Å². The van der Waals surface area contributed by atoms with E-state index in [0.29, 0.717) is 24.8 Å². The zero-order valence-corrected chi connectivity index (χ0v) is 12.5. The Morgan fingerprint density at radius 3 is 2.62 bits per heavy atom. The monoisotopic (exact) mass is 291 g/mol. The first kappa shape index (κ1) is 14.2. The minimum Gasteiger partial charge on any atom is -0.481 e. The summed E-state index contributed by atoms with van der Waals surface area (Å²) in [6.07, 6.45) is 2.94. The molecular weight excluding hydrogens is 270 g/mol. The maximum atomic E-state index is 12.5. The lowest BCUT2D eigenvalue weighted by Crippen LogP contribution is -2.29. The number of carboxylic acids is 1. The van der Waals surface area contributed by atoms with Crippen molar-refractivity contribution in [2.45, 2.75) is 33.1 Å². The van der Waals surface area contributed by atoms with Crippen molar-refractivity contribution in [1.29, 1.82) is 0 Å². The molecule has 3 rings (SSSR count). The Morgan fingerprint density at radius 1 is 1.38 bits per heavy atom. The van der Waals surface area contributed by atoms with Crippen LogP contribution in [-0.4, -0.2) is 35.0 Å². The number of rotatable bonds is 4. The summed E-state index contributed by atoms with van der Waals surface area (Å²) >= 11 is 0. The van der Waals surface area contributed by atoms with E-state index in [0.717, 1.165) is 30.6 Å². The maximum Gasteiger partial charge on any atom is 0.308 e. The second-order valence-corrected chi connectivity index (χ2v) is 6.23. The van der Waals surface area contributed by atoms with Crippen molar-refractivity contribution in [3.8, 4) is 0 Å². The Balaban J connectivity index is 1.77. The molecule has 1 N–H and O–H groups in total. The van der Waals surface area contributed by atoms with Crippen molar-refractivity contribution in [3.05, 3.63) is 23.2 Å². The molecule has 1 saturated carbocycles. The van der Waals surface area contributed by atoms with Gasteiger partial charge in [-0.25, -0.2) is 0 Å². The highest BCUT2D eigenvalue weighted by Crippen LogP contribution is 2.44. The molecule has 1 amide bonds. The topological polar surface area (TPSA) is 70.8 Å². The van der Waals surface area contributed by atoms with Gasteiger partial charge in [0, 0.05) is 19.5 Å². The van der Waals surface area contributed by atoms with Gasteiger partial charge in [0.2, 0.25) is 0 Å². The van der Waals surface area contributed by atoms with E-state index in [1.165, 1.54) is 0 Å². The average Bonchev–Trinajstić information content (AvgIpc) is 3.08. The first-order valence-corrected chi connectivity index (χ1v) is 7.62. The normalized spacial score (nSPS) is 25.3. The molecule has 1 saturated heterocycles. The van der Waals surface area contributed by atoms with Gasteiger partial charge in [-0.05, 0) is 43.2 Å². The SMILES string of the molecule is CCc1oc(C(=O)N2C[C@H](C(=O)O)[C@@H](C3CC3)C2)cc1C. The molecule has 0 unspecified atom stereocenters. The van der Waals surface area contributed by atoms with E-state index in [-0.39, 0.29) is 11.8 Å². The highest BCUT2D eigenvalue weighted by Gasteiger charge is 2.47. The van der Waals surface area contributed by atoms with Crippen LogP contribution in [0.4, 0.5) is 0 Å². The number of carbonyl (C=O) groups excluding carboxylic acids is 1. The molecule has 2 fully saturated rings. The van der Waals surface area contributed by atoms with Crippen LogP contribution in [0.2, 0.25) is 0 Å². The van der Waals surface area contributed by atoms with E-state index in [2.05, 4.69) is 0 Å². The van der Waals surface area contributed by atoms with E-state index in [1.807, 2.05) is 13.8 Å².